The Morgan fingerprint density at radius 3 is 2.86 bits per heavy atom. The first-order chi connectivity index (χ1) is 10.8. The van der Waals surface area contributed by atoms with Crippen molar-refractivity contribution in [3.63, 3.8) is 0 Å². The van der Waals surface area contributed by atoms with Gasteiger partial charge in [0.1, 0.15) is 11.0 Å². The maximum absolute atomic E-state index is 12.0. The Kier molecular flexibility index (Phi) is 2.83. The van der Waals surface area contributed by atoms with Crippen LogP contribution in [0.25, 0.3) is 17.8 Å². The van der Waals surface area contributed by atoms with E-state index in [1.165, 1.54) is 0 Å². The van der Waals surface area contributed by atoms with Gasteiger partial charge in [-0.1, -0.05) is 24.3 Å². The van der Waals surface area contributed by atoms with Crippen molar-refractivity contribution in [3.05, 3.63) is 86.2 Å². The third-order valence-electron chi connectivity index (χ3n) is 3.36. The van der Waals surface area contributed by atoms with Crippen molar-refractivity contribution < 1.29 is 4.42 Å². The molecule has 0 unspecified atom stereocenters. The average Bonchev–Trinajstić information content (AvgIpc) is 3.12. The van der Waals surface area contributed by atoms with E-state index in [9.17, 15) is 4.79 Å². The summed E-state index contributed by atoms with van der Waals surface area (Å²) < 4.78 is 5.28. The average molecular weight is 289 g/mol. The Morgan fingerprint density at radius 1 is 1.14 bits per heavy atom. The van der Waals surface area contributed by atoms with Gasteiger partial charge in [0.25, 0.3) is 0 Å². The second kappa shape index (κ2) is 4.96. The van der Waals surface area contributed by atoms with Crippen molar-refractivity contribution in [2.45, 2.75) is 0 Å². The molecule has 3 heterocycles. The number of oxazole rings is 1. The van der Waals surface area contributed by atoms with Crippen LogP contribution in [0, 0.1) is 0 Å². The number of para-hydroxylation sites is 1. The highest BCUT2D eigenvalue weighted by Gasteiger charge is 2.05. The molecule has 0 spiro atoms. The minimum absolute atomic E-state index is 0.358. The van der Waals surface area contributed by atoms with E-state index in [0.717, 1.165) is 16.1 Å². The van der Waals surface area contributed by atoms with Gasteiger partial charge in [0.2, 0.25) is 5.55 Å². The number of aromatic nitrogens is 2. The topological polar surface area (TPSA) is 71.2 Å². The molecule has 0 amide bonds. The third-order valence-corrected chi connectivity index (χ3v) is 3.36. The summed E-state index contributed by atoms with van der Waals surface area (Å²) in [5.41, 5.74) is 1.37. The van der Waals surface area contributed by atoms with Gasteiger partial charge in [-0.25, -0.2) is 9.79 Å². The molecule has 0 aliphatic carbocycles. The standard InChI is InChI=1S/C17H11N3O2/c21-17-15(8-11-4-3-7-18-10-11)20-16(22-17)14-9-12-5-1-2-6-13(12)19-14/h1-10,20H/b15-8-,16-14?. The lowest BCUT2D eigenvalue weighted by atomic mass is 10.3. The van der Waals surface area contributed by atoms with Crippen LogP contribution in [0.15, 0.2) is 63.0 Å². The zero-order chi connectivity index (χ0) is 14.9. The summed E-state index contributed by atoms with van der Waals surface area (Å²) in [5, 5.41) is 2.25. The Bertz CT molecular complexity index is 1100. The lowest BCUT2D eigenvalue weighted by Crippen LogP contribution is -2.21. The summed E-state index contributed by atoms with van der Waals surface area (Å²) >= 11 is 0. The first-order valence-corrected chi connectivity index (χ1v) is 6.80. The van der Waals surface area contributed by atoms with E-state index < -0.39 is 5.63 Å². The zero-order valence-corrected chi connectivity index (χ0v) is 11.5. The highest BCUT2D eigenvalue weighted by atomic mass is 16.4. The van der Waals surface area contributed by atoms with Crippen molar-refractivity contribution in [3.8, 4) is 0 Å². The second-order valence-electron chi connectivity index (χ2n) is 4.89. The Balaban J connectivity index is 1.93. The molecule has 106 valence electrons. The molecule has 4 rings (SSSR count). The summed E-state index contributed by atoms with van der Waals surface area (Å²) in [6.45, 7) is 0. The van der Waals surface area contributed by atoms with Crippen molar-refractivity contribution in [1.82, 2.24) is 9.97 Å². The smallest absolute Gasteiger partial charge is 0.361 e. The molecule has 0 atom stereocenters. The number of pyridine rings is 1. The van der Waals surface area contributed by atoms with Crippen LogP contribution in [0.3, 0.4) is 0 Å². The lowest BCUT2D eigenvalue weighted by molar-refractivity contribution is 0.484. The van der Waals surface area contributed by atoms with E-state index >= 15 is 0 Å². The molecule has 5 nitrogen and oxygen atoms in total. The molecular weight excluding hydrogens is 278 g/mol. The molecule has 1 N–H and O–H groups in total. The van der Waals surface area contributed by atoms with Gasteiger partial charge in [-0.3, -0.25) is 4.98 Å². The van der Waals surface area contributed by atoms with E-state index in [-0.39, 0.29) is 0 Å². The Labute approximate surface area is 124 Å². The predicted octanol–water partition coefficient (Wildman–Crippen LogP) is -0.586. The van der Waals surface area contributed by atoms with Crippen LogP contribution in [-0.4, -0.2) is 9.97 Å². The number of benzene rings is 1. The quantitative estimate of drug-likeness (QED) is 0.651. The lowest BCUT2D eigenvalue weighted by Gasteiger charge is -1.86. The van der Waals surface area contributed by atoms with Crippen molar-refractivity contribution >= 4 is 17.8 Å². The summed E-state index contributed by atoms with van der Waals surface area (Å²) in [5.74, 6) is 0. The Hall–Kier alpha value is -3.21. The van der Waals surface area contributed by atoms with Crippen LogP contribution in [0.4, 0.5) is 0 Å². The summed E-state index contributed by atoms with van der Waals surface area (Å²) in [4.78, 5) is 23.4. The van der Waals surface area contributed by atoms with Gasteiger partial charge in [0.15, 0.2) is 0 Å². The van der Waals surface area contributed by atoms with Gasteiger partial charge in [-0.2, -0.15) is 0 Å². The number of aromatic amines is 1. The number of hydrogen-bond donors (Lipinski definition) is 1. The fourth-order valence-electron chi connectivity index (χ4n) is 2.32. The van der Waals surface area contributed by atoms with Gasteiger partial charge in [0.05, 0.1) is 5.36 Å². The molecular formula is C17H11N3O2. The third kappa shape index (κ3) is 2.18. The van der Waals surface area contributed by atoms with Gasteiger partial charge in [0, 0.05) is 17.6 Å². The molecule has 0 saturated carbocycles. The van der Waals surface area contributed by atoms with Gasteiger partial charge in [-0.15, -0.1) is 0 Å². The number of nitrogens with zero attached hydrogens (tertiary/aromatic N) is 2. The number of nitrogens with one attached hydrogen (secondary N) is 1. The van der Waals surface area contributed by atoms with Crippen molar-refractivity contribution in [1.29, 1.82) is 0 Å². The normalized spacial score (nSPS) is 16.1. The van der Waals surface area contributed by atoms with Crippen LogP contribution >= 0.6 is 0 Å². The van der Waals surface area contributed by atoms with Crippen LogP contribution in [0.2, 0.25) is 0 Å². The number of fused-ring (bicyclic) bond motifs is 1. The molecule has 2 aromatic heterocycles. The van der Waals surface area contributed by atoms with Crippen LogP contribution in [0.1, 0.15) is 5.56 Å². The minimum Gasteiger partial charge on any atom is -0.402 e. The van der Waals surface area contributed by atoms with Crippen molar-refractivity contribution in [2.75, 3.05) is 0 Å². The van der Waals surface area contributed by atoms with Crippen LogP contribution in [-0.2, 0) is 0 Å². The molecule has 5 heteroatoms. The van der Waals surface area contributed by atoms with E-state index in [1.54, 1.807) is 18.5 Å². The molecule has 1 aromatic carbocycles. The SMILES string of the molecule is O=c1oc(=C2C=c3ccccc3=N2)[nH]/c1=C\c1cccnc1. The van der Waals surface area contributed by atoms with Crippen LogP contribution in [0.5, 0.6) is 0 Å². The molecule has 0 fully saturated rings. The summed E-state index contributed by atoms with van der Waals surface area (Å²) in [6, 6.07) is 11.4. The molecule has 0 saturated heterocycles. The monoisotopic (exact) mass is 289 g/mol. The predicted molar refractivity (Wildman–Crippen MR) is 81.5 cm³/mol. The molecule has 0 bridgehead atoms. The Morgan fingerprint density at radius 2 is 2.05 bits per heavy atom. The minimum atomic E-state index is -0.425. The second-order valence-corrected chi connectivity index (χ2v) is 4.89. The highest BCUT2D eigenvalue weighted by Crippen LogP contribution is 1.98. The zero-order valence-electron chi connectivity index (χ0n) is 11.5. The summed E-state index contributed by atoms with van der Waals surface area (Å²) in [6.07, 6.45) is 6.94. The highest BCUT2D eigenvalue weighted by molar-refractivity contribution is 5.75. The number of rotatable bonds is 1. The fourth-order valence-corrected chi connectivity index (χ4v) is 2.32. The number of hydrogen-bond acceptors (Lipinski definition) is 4. The van der Waals surface area contributed by atoms with Crippen molar-refractivity contribution in [2.24, 2.45) is 4.99 Å². The first kappa shape index (κ1) is 12.5. The maximum Gasteiger partial charge on any atom is 0.361 e. The van der Waals surface area contributed by atoms with Gasteiger partial charge in [-0.05, 0) is 29.8 Å². The van der Waals surface area contributed by atoms with E-state index in [1.807, 2.05) is 42.5 Å². The fraction of sp³-hybridized carbons (Fsp3) is 0. The molecule has 3 aromatic rings. The summed E-state index contributed by atoms with van der Waals surface area (Å²) in [7, 11) is 0. The molecule has 22 heavy (non-hydrogen) atoms. The maximum atomic E-state index is 12.0. The molecule has 0 radical (unpaired) electrons. The largest absolute Gasteiger partial charge is 0.402 e. The molecule has 1 aliphatic heterocycles. The van der Waals surface area contributed by atoms with E-state index in [0.29, 0.717) is 16.6 Å². The van der Waals surface area contributed by atoms with Crippen LogP contribution < -0.4 is 27.1 Å². The number of H-pyrrole nitrogens is 1. The van der Waals surface area contributed by atoms with Gasteiger partial charge >= 0.3 is 5.63 Å². The van der Waals surface area contributed by atoms with E-state index in [2.05, 4.69) is 15.0 Å². The first-order valence-electron chi connectivity index (χ1n) is 6.80. The molecule has 1 aliphatic rings. The van der Waals surface area contributed by atoms with Gasteiger partial charge < -0.3 is 9.40 Å². The van der Waals surface area contributed by atoms with E-state index in [4.69, 9.17) is 4.42 Å².